The lowest BCUT2D eigenvalue weighted by atomic mass is 9.77. The first kappa shape index (κ1) is 21.8. The standard InChI is InChI=1S/C22H24ClN3O4S/c1-22(2,3)25-31(29,30)14-8-10-20-17(12-14)15-5-4-6-16(15)21(24-20)18-11-13(26(27)28)7-9-19(18)23/h4-5,7-12,15-16,21,24-25H,6H2,1-3H3. The molecule has 9 heteroatoms. The van der Waals surface area contributed by atoms with E-state index in [4.69, 9.17) is 11.6 Å². The Morgan fingerprint density at radius 3 is 2.58 bits per heavy atom. The van der Waals surface area contributed by atoms with Gasteiger partial charge in [-0.1, -0.05) is 23.8 Å². The van der Waals surface area contributed by atoms with Crippen molar-refractivity contribution in [3.63, 3.8) is 0 Å². The van der Waals surface area contributed by atoms with Gasteiger partial charge in [-0.2, -0.15) is 0 Å². The van der Waals surface area contributed by atoms with E-state index in [1.54, 1.807) is 45.0 Å². The van der Waals surface area contributed by atoms with Crippen molar-refractivity contribution in [2.45, 2.75) is 49.6 Å². The van der Waals surface area contributed by atoms with Crippen LogP contribution < -0.4 is 10.0 Å². The lowest BCUT2D eigenvalue weighted by molar-refractivity contribution is -0.384. The number of nitro groups is 1. The minimum atomic E-state index is -3.67. The molecular weight excluding hydrogens is 438 g/mol. The summed E-state index contributed by atoms with van der Waals surface area (Å²) in [6.45, 7) is 5.40. The van der Waals surface area contributed by atoms with Crippen molar-refractivity contribution in [3.05, 3.63) is 74.8 Å². The molecule has 2 N–H and O–H groups in total. The van der Waals surface area contributed by atoms with Crippen LogP contribution in [0.2, 0.25) is 5.02 Å². The number of fused-ring (bicyclic) bond motifs is 3. The number of rotatable bonds is 4. The molecule has 2 aromatic carbocycles. The van der Waals surface area contributed by atoms with Crippen LogP contribution in [0.5, 0.6) is 0 Å². The summed E-state index contributed by atoms with van der Waals surface area (Å²) in [5.74, 6) is 0.0573. The molecule has 7 nitrogen and oxygen atoms in total. The predicted molar refractivity (Wildman–Crippen MR) is 121 cm³/mol. The molecular formula is C22H24ClN3O4S. The van der Waals surface area contributed by atoms with E-state index in [1.807, 2.05) is 0 Å². The number of nitrogens with zero attached hydrogens (tertiary/aromatic N) is 1. The fourth-order valence-corrected chi connectivity index (χ4v) is 6.08. The number of hydrogen-bond acceptors (Lipinski definition) is 5. The lowest BCUT2D eigenvalue weighted by Crippen LogP contribution is -2.40. The third-order valence-corrected chi connectivity index (χ3v) is 7.71. The van der Waals surface area contributed by atoms with E-state index in [1.165, 1.54) is 12.1 Å². The number of benzene rings is 2. The van der Waals surface area contributed by atoms with Gasteiger partial charge in [0, 0.05) is 39.9 Å². The molecule has 1 aliphatic heterocycles. The van der Waals surface area contributed by atoms with Gasteiger partial charge >= 0.3 is 0 Å². The molecule has 164 valence electrons. The molecule has 0 fully saturated rings. The van der Waals surface area contributed by atoms with E-state index in [-0.39, 0.29) is 28.5 Å². The minimum absolute atomic E-state index is 0.0100. The predicted octanol–water partition coefficient (Wildman–Crippen LogP) is 5.15. The van der Waals surface area contributed by atoms with Crippen LogP contribution >= 0.6 is 11.6 Å². The molecule has 0 saturated carbocycles. The van der Waals surface area contributed by atoms with Crippen molar-refractivity contribution in [1.82, 2.24) is 4.72 Å². The van der Waals surface area contributed by atoms with Crippen LogP contribution in [0, 0.1) is 16.0 Å². The van der Waals surface area contributed by atoms with Gasteiger partial charge in [0.1, 0.15) is 0 Å². The van der Waals surface area contributed by atoms with Gasteiger partial charge in [-0.3, -0.25) is 10.1 Å². The van der Waals surface area contributed by atoms with Gasteiger partial charge in [0.15, 0.2) is 0 Å². The fourth-order valence-electron chi connectivity index (χ4n) is 4.39. The number of anilines is 1. The van der Waals surface area contributed by atoms with E-state index >= 15 is 0 Å². The molecule has 0 amide bonds. The minimum Gasteiger partial charge on any atom is -0.378 e. The summed E-state index contributed by atoms with van der Waals surface area (Å²) in [6.07, 6.45) is 4.91. The molecule has 0 bridgehead atoms. The number of nitrogens with one attached hydrogen (secondary N) is 2. The zero-order valence-corrected chi connectivity index (χ0v) is 19.0. The van der Waals surface area contributed by atoms with Crippen molar-refractivity contribution in [3.8, 4) is 0 Å². The van der Waals surface area contributed by atoms with E-state index in [0.29, 0.717) is 10.6 Å². The largest absolute Gasteiger partial charge is 0.378 e. The van der Waals surface area contributed by atoms with Crippen molar-refractivity contribution < 1.29 is 13.3 Å². The first-order valence-electron chi connectivity index (χ1n) is 10.0. The molecule has 4 rings (SSSR count). The average molecular weight is 462 g/mol. The zero-order valence-electron chi connectivity index (χ0n) is 17.4. The molecule has 31 heavy (non-hydrogen) atoms. The summed E-state index contributed by atoms with van der Waals surface area (Å²) < 4.78 is 28.3. The number of sulfonamides is 1. The van der Waals surface area contributed by atoms with Gasteiger partial charge in [0.05, 0.1) is 15.9 Å². The van der Waals surface area contributed by atoms with Gasteiger partial charge in [0.25, 0.3) is 5.69 Å². The molecule has 2 aliphatic rings. The highest BCUT2D eigenvalue weighted by molar-refractivity contribution is 7.89. The Labute approximate surface area is 186 Å². The van der Waals surface area contributed by atoms with Crippen LogP contribution in [-0.4, -0.2) is 18.9 Å². The number of hydrogen-bond donors (Lipinski definition) is 2. The van der Waals surface area contributed by atoms with Crippen LogP contribution in [0.3, 0.4) is 0 Å². The van der Waals surface area contributed by atoms with Gasteiger partial charge in [-0.05, 0) is 62.9 Å². The van der Waals surface area contributed by atoms with E-state index in [9.17, 15) is 18.5 Å². The number of allylic oxidation sites excluding steroid dienone is 2. The van der Waals surface area contributed by atoms with E-state index < -0.39 is 20.5 Å². The summed E-state index contributed by atoms with van der Waals surface area (Å²) >= 11 is 6.43. The number of halogens is 1. The maximum absolute atomic E-state index is 12.8. The first-order valence-corrected chi connectivity index (χ1v) is 11.9. The molecule has 3 atom stereocenters. The van der Waals surface area contributed by atoms with Crippen LogP contribution in [0.4, 0.5) is 11.4 Å². The SMILES string of the molecule is CC(C)(C)NS(=O)(=O)c1ccc2c(c1)C1C=CCC1C(c1cc([N+](=O)[O-])ccc1Cl)N2. The van der Waals surface area contributed by atoms with Crippen molar-refractivity contribution in [2.24, 2.45) is 5.92 Å². The van der Waals surface area contributed by atoms with Crippen molar-refractivity contribution in [1.29, 1.82) is 0 Å². The number of non-ortho nitro benzene ring substituents is 1. The Morgan fingerprint density at radius 1 is 1.16 bits per heavy atom. The Bertz CT molecular complexity index is 1190. The first-order chi connectivity index (χ1) is 14.5. The summed E-state index contributed by atoms with van der Waals surface area (Å²) in [7, 11) is -3.67. The van der Waals surface area contributed by atoms with Gasteiger partial charge in [-0.25, -0.2) is 13.1 Å². The Balaban J connectivity index is 1.75. The van der Waals surface area contributed by atoms with Crippen LogP contribution in [0.25, 0.3) is 0 Å². The second-order valence-electron chi connectivity index (χ2n) is 9.04. The van der Waals surface area contributed by atoms with Crippen LogP contribution in [-0.2, 0) is 10.0 Å². The molecule has 1 heterocycles. The monoisotopic (exact) mass is 461 g/mol. The maximum atomic E-state index is 12.8. The molecule has 2 aromatic rings. The normalized spacial score (nSPS) is 22.5. The van der Waals surface area contributed by atoms with E-state index in [2.05, 4.69) is 22.2 Å². The maximum Gasteiger partial charge on any atom is 0.269 e. The lowest BCUT2D eigenvalue weighted by Gasteiger charge is -2.38. The third kappa shape index (κ3) is 4.20. The summed E-state index contributed by atoms with van der Waals surface area (Å²) in [6, 6.07) is 9.29. The second kappa shape index (κ2) is 7.62. The molecule has 0 radical (unpaired) electrons. The molecule has 0 aromatic heterocycles. The van der Waals surface area contributed by atoms with Gasteiger partial charge in [-0.15, -0.1) is 0 Å². The highest BCUT2D eigenvalue weighted by Gasteiger charge is 2.39. The fraction of sp³-hybridized carbons (Fsp3) is 0.364. The Morgan fingerprint density at radius 2 is 1.90 bits per heavy atom. The summed E-state index contributed by atoms with van der Waals surface area (Å²) in [5.41, 5.74) is 1.77. The Kier molecular flexibility index (Phi) is 5.36. The summed E-state index contributed by atoms with van der Waals surface area (Å²) in [4.78, 5) is 11.1. The quantitative estimate of drug-likeness (QED) is 0.372. The highest BCUT2D eigenvalue weighted by atomic mass is 35.5. The highest BCUT2D eigenvalue weighted by Crippen LogP contribution is 2.51. The molecule has 3 unspecified atom stereocenters. The van der Waals surface area contributed by atoms with Gasteiger partial charge < -0.3 is 5.32 Å². The van der Waals surface area contributed by atoms with Crippen LogP contribution in [0.1, 0.15) is 50.3 Å². The number of nitro benzene ring substituents is 1. The third-order valence-electron chi connectivity index (χ3n) is 5.61. The molecule has 1 aliphatic carbocycles. The smallest absolute Gasteiger partial charge is 0.269 e. The average Bonchev–Trinajstić information content (AvgIpc) is 3.15. The van der Waals surface area contributed by atoms with E-state index in [0.717, 1.165) is 17.7 Å². The zero-order chi connectivity index (χ0) is 22.6. The van der Waals surface area contributed by atoms with Crippen LogP contribution in [0.15, 0.2) is 53.4 Å². The van der Waals surface area contributed by atoms with Gasteiger partial charge in [0.2, 0.25) is 10.0 Å². The molecule has 0 saturated heterocycles. The topological polar surface area (TPSA) is 101 Å². The summed E-state index contributed by atoms with van der Waals surface area (Å²) in [5, 5.41) is 15.2. The second-order valence-corrected chi connectivity index (χ2v) is 11.1. The van der Waals surface area contributed by atoms with Crippen molar-refractivity contribution in [2.75, 3.05) is 5.32 Å². The van der Waals surface area contributed by atoms with Crippen molar-refractivity contribution >= 4 is 33.0 Å². The molecule has 0 spiro atoms. The Hall–Kier alpha value is -2.42.